The first-order valence-electron chi connectivity index (χ1n) is 30.6. The molecule has 0 aliphatic carbocycles. The molecule has 8 aromatic carbocycles. The Bertz CT molecular complexity index is 5330. The normalized spacial score (nSPS) is 13.1. The Labute approximate surface area is 481 Å². The minimum atomic E-state index is -2.30. The molecule has 0 aliphatic rings. The first-order chi connectivity index (χ1) is 41.6. The molecule has 7 nitrogen and oxygen atoms in total. The van der Waals surface area contributed by atoms with Gasteiger partial charge in [0.25, 0.3) is 0 Å². The predicted octanol–water partition coefficient (Wildman–Crippen LogP) is 16.2. The average Bonchev–Trinajstić information content (AvgIpc) is 1.61. The Morgan fingerprint density at radius 2 is 0.877 bits per heavy atom. The minimum absolute atomic E-state index is 0.287. The van der Waals surface area contributed by atoms with Crippen LogP contribution in [0.15, 0.2) is 195 Å². The lowest BCUT2D eigenvalue weighted by atomic mass is 9.99. The molecule has 0 bridgehead atoms. The van der Waals surface area contributed by atoms with Gasteiger partial charge in [-0.1, -0.05) is 151 Å². The third-order valence-electron chi connectivity index (χ3n) is 16.9. The van der Waals surface area contributed by atoms with E-state index in [0.29, 0.717) is 10.9 Å². The number of pyridine rings is 4. The molecule has 0 saturated heterocycles. The van der Waals surface area contributed by atoms with Gasteiger partial charge in [0.15, 0.2) is 18.6 Å². The van der Waals surface area contributed by atoms with E-state index in [1.165, 1.54) is 99.0 Å². The summed E-state index contributed by atoms with van der Waals surface area (Å²) in [4.78, 5) is 4.82. The van der Waals surface area contributed by atoms with Crippen molar-refractivity contribution in [3.05, 3.63) is 228 Å². The van der Waals surface area contributed by atoms with Gasteiger partial charge in [-0.3, -0.25) is 4.98 Å². The summed E-state index contributed by atoms with van der Waals surface area (Å²) in [6.07, 6.45) is 8.00. The minimum Gasteiger partial charge on any atom is -0.338 e. The van der Waals surface area contributed by atoms with E-state index in [0.717, 1.165) is 49.5 Å². The SMILES string of the molecule is Cc1ccc2c(ccc3c4cc[n+](C)c(-c5ccccc5C)c4n(C)c23)c1.Cc1ccccc1-c1c2c(cc[n+]1C)c1ncc3ccccc3c1n2C.[2H]C([2H])([2H])c1ccc(-c2c3c(c(C([2H])([2H])[2H])c[n+]2C)c2ccc4ccccc4c2n3C)c(C)c1. The highest BCUT2D eigenvalue weighted by Crippen LogP contribution is 2.41. The molecule has 7 heterocycles. The topological polar surface area (TPSA) is 39.3 Å². The van der Waals surface area contributed by atoms with Gasteiger partial charge in [0.05, 0.1) is 38.8 Å². The third kappa shape index (κ3) is 8.16. The van der Waals surface area contributed by atoms with Crippen molar-refractivity contribution in [3.8, 4) is 33.8 Å². The zero-order chi connectivity index (χ0) is 61.1. The number of aromatic nitrogens is 7. The summed E-state index contributed by atoms with van der Waals surface area (Å²) >= 11 is 0. The fourth-order valence-electron chi connectivity index (χ4n) is 13.1. The maximum absolute atomic E-state index is 8.26. The van der Waals surface area contributed by atoms with Crippen LogP contribution in [0.3, 0.4) is 0 Å². The van der Waals surface area contributed by atoms with Gasteiger partial charge >= 0.3 is 0 Å². The molecule has 0 spiro atoms. The van der Waals surface area contributed by atoms with Crippen molar-refractivity contribution < 1.29 is 21.9 Å². The van der Waals surface area contributed by atoms with Gasteiger partial charge in [0.2, 0.25) is 17.1 Å². The van der Waals surface area contributed by atoms with Crippen molar-refractivity contribution >= 4 is 97.9 Å². The van der Waals surface area contributed by atoms with Gasteiger partial charge in [-0.05, 0) is 87.1 Å². The van der Waals surface area contributed by atoms with Gasteiger partial charge < -0.3 is 13.7 Å². The van der Waals surface area contributed by atoms with Crippen LogP contribution in [0.25, 0.3) is 132 Å². The summed E-state index contributed by atoms with van der Waals surface area (Å²) in [6, 6.07) is 58.7. The van der Waals surface area contributed by atoms with E-state index < -0.39 is 13.7 Å². The maximum Gasteiger partial charge on any atom is 0.237 e. The lowest BCUT2D eigenvalue weighted by Crippen LogP contribution is -2.32. The van der Waals surface area contributed by atoms with Crippen LogP contribution in [0.5, 0.6) is 0 Å². The molecule has 0 N–H and O–H groups in total. The fourth-order valence-corrected chi connectivity index (χ4v) is 13.1. The highest BCUT2D eigenvalue weighted by Gasteiger charge is 2.27. The second-order valence-electron chi connectivity index (χ2n) is 22.0. The molecule has 0 aliphatic heterocycles. The van der Waals surface area contributed by atoms with E-state index in [1.54, 1.807) is 18.3 Å². The lowest BCUT2D eigenvalue weighted by molar-refractivity contribution is -0.659. The van der Waals surface area contributed by atoms with Crippen molar-refractivity contribution in [3.63, 3.8) is 0 Å². The number of aryl methyl sites for hydroxylation is 12. The second kappa shape index (κ2) is 19.7. The molecule has 7 aromatic heterocycles. The van der Waals surface area contributed by atoms with Crippen molar-refractivity contribution in [1.29, 1.82) is 0 Å². The van der Waals surface area contributed by atoms with Crippen LogP contribution in [-0.2, 0) is 42.3 Å². The summed E-state index contributed by atoms with van der Waals surface area (Å²) in [5, 5.41) is 12.6. The first kappa shape index (κ1) is 44.4. The Hall–Kier alpha value is -9.46. The number of hydrogen-bond acceptors (Lipinski definition) is 1. The van der Waals surface area contributed by atoms with Crippen molar-refractivity contribution in [2.45, 2.75) is 41.4 Å². The zero-order valence-electron chi connectivity index (χ0n) is 53.6. The van der Waals surface area contributed by atoms with Crippen LogP contribution in [0.2, 0.25) is 0 Å². The third-order valence-corrected chi connectivity index (χ3v) is 16.9. The van der Waals surface area contributed by atoms with Gasteiger partial charge in [-0.25, -0.2) is 0 Å². The smallest absolute Gasteiger partial charge is 0.237 e. The van der Waals surface area contributed by atoms with Crippen LogP contribution >= 0.6 is 0 Å². The van der Waals surface area contributed by atoms with Crippen LogP contribution in [0, 0.1) is 41.4 Å². The van der Waals surface area contributed by atoms with Gasteiger partial charge in [0, 0.05) is 102 Å². The Morgan fingerprint density at radius 3 is 1.56 bits per heavy atom. The van der Waals surface area contributed by atoms with E-state index in [2.05, 4.69) is 212 Å². The fraction of sp³-hybridized carbons (Fsp3) is 0.162. The van der Waals surface area contributed by atoms with E-state index in [-0.39, 0.29) is 5.56 Å². The van der Waals surface area contributed by atoms with Crippen LogP contribution in [0.1, 0.15) is 41.6 Å². The van der Waals surface area contributed by atoms with Gasteiger partial charge in [0.1, 0.15) is 37.7 Å². The second-order valence-corrected chi connectivity index (χ2v) is 22.0. The molecule has 15 aromatic rings. The number of hydrogen-bond donors (Lipinski definition) is 0. The van der Waals surface area contributed by atoms with Crippen molar-refractivity contribution in [2.75, 3.05) is 0 Å². The number of nitrogens with zero attached hydrogens (tertiary/aromatic N) is 7. The highest BCUT2D eigenvalue weighted by atomic mass is 15.0. The molecular weight excluding hydrogens is 987 g/mol. The summed E-state index contributed by atoms with van der Waals surface area (Å²) in [5.74, 6) is 0. The Balaban J connectivity index is 0.000000122. The molecule has 0 amide bonds. The summed E-state index contributed by atoms with van der Waals surface area (Å²) < 4.78 is 61.1. The molecule has 0 atom stereocenters. The number of rotatable bonds is 3. The van der Waals surface area contributed by atoms with Crippen LogP contribution in [-0.4, -0.2) is 18.7 Å². The highest BCUT2D eigenvalue weighted by molar-refractivity contribution is 6.21. The summed E-state index contributed by atoms with van der Waals surface area (Å²) in [7, 11) is 12.4. The van der Waals surface area contributed by atoms with Crippen LogP contribution in [0.4, 0.5) is 0 Å². The molecule has 0 radical (unpaired) electrons. The lowest BCUT2D eigenvalue weighted by Gasteiger charge is -2.10. The zero-order valence-corrected chi connectivity index (χ0v) is 47.6. The molecule has 0 saturated carbocycles. The van der Waals surface area contributed by atoms with Crippen molar-refractivity contribution in [2.24, 2.45) is 42.3 Å². The van der Waals surface area contributed by atoms with E-state index >= 15 is 0 Å². The van der Waals surface area contributed by atoms with Crippen molar-refractivity contribution in [1.82, 2.24) is 18.7 Å². The Morgan fingerprint density at radius 1 is 0.370 bits per heavy atom. The Kier molecular flexibility index (Phi) is 10.8. The van der Waals surface area contributed by atoms with Gasteiger partial charge in [-0.2, -0.15) is 13.7 Å². The molecule has 81 heavy (non-hydrogen) atoms. The van der Waals surface area contributed by atoms with E-state index in [9.17, 15) is 0 Å². The molecule has 7 heteroatoms. The molecule has 15 rings (SSSR count). The molecular formula is C74H68N7+3. The first-order valence-corrected chi connectivity index (χ1v) is 27.6. The molecule has 0 fully saturated rings. The molecule has 0 unspecified atom stereocenters. The van der Waals surface area contributed by atoms with Crippen LogP contribution < -0.4 is 13.7 Å². The molecule has 396 valence electrons. The largest absolute Gasteiger partial charge is 0.338 e. The van der Waals surface area contributed by atoms with E-state index in [1.807, 2.05) is 62.1 Å². The van der Waals surface area contributed by atoms with E-state index in [4.69, 9.17) is 13.2 Å². The standard InChI is InChI=1S/C26H25N2.C25H23N2.C23H20N3/c1-16-10-12-20(17(2)14-16)25-26-23(18(3)15-27(25)4)22-13-11-19-8-6-7-9-21(19)24(22)28(26)5;1-16-9-11-20-18(15-16)10-12-21-22-13-14-26(3)24(25(22)27(4)23(20)21)19-8-6-5-7-17(19)2;1-15-8-4-6-10-17(15)22-23-19(12-13-25(22)2)20-21(26(23)3)18-11-7-5-9-16(18)14-24-20/h6-15H,1-5H3;5-15H,1-4H3;4-14H,1-3H3/q3*+1/i1D3,3D3;;. The maximum atomic E-state index is 8.26. The summed E-state index contributed by atoms with van der Waals surface area (Å²) in [6.45, 7) is 3.92. The summed E-state index contributed by atoms with van der Waals surface area (Å²) in [5.41, 5.74) is 19.9. The van der Waals surface area contributed by atoms with Gasteiger partial charge in [-0.15, -0.1) is 0 Å². The number of fused-ring (bicyclic) bond motifs is 15. The predicted molar refractivity (Wildman–Crippen MR) is 340 cm³/mol. The monoisotopic (exact) mass is 1060 g/mol. The average molecular weight is 1060 g/mol. The quantitative estimate of drug-likeness (QED) is 0.163. The number of benzene rings is 8.